The van der Waals surface area contributed by atoms with Gasteiger partial charge in [0.05, 0.1) is 0 Å². The van der Waals surface area contributed by atoms with Gasteiger partial charge >= 0.3 is 197 Å². The SMILES string of the molecule is CC(C)OP(=O)([Se])OC(C)C.c1cc[c]([Sn]([c]2ccccc2)[c]2ccccc2)cc1. The Kier molecular flexibility index (Phi) is 10.9. The van der Waals surface area contributed by atoms with E-state index < -0.39 is 26.0 Å². The summed E-state index contributed by atoms with van der Waals surface area (Å²) in [6.45, 7) is 7.25. The van der Waals surface area contributed by atoms with Crippen molar-refractivity contribution < 1.29 is 13.6 Å². The number of benzene rings is 3. The summed E-state index contributed by atoms with van der Waals surface area (Å²) < 4.78 is 26.0. The molecule has 0 amide bonds. The van der Waals surface area contributed by atoms with E-state index in [9.17, 15) is 4.57 Å². The minimum absolute atomic E-state index is 0.0826. The zero-order valence-electron chi connectivity index (χ0n) is 17.9. The molecule has 0 atom stereocenters. The number of hydrogen-bond donors (Lipinski definition) is 0. The Balaban J connectivity index is 0.000000252. The molecule has 0 unspecified atom stereocenters. The van der Waals surface area contributed by atoms with Crippen molar-refractivity contribution >= 4 is 52.4 Å². The molecule has 3 rings (SSSR count). The van der Waals surface area contributed by atoms with Crippen LogP contribution in [0.5, 0.6) is 0 Å². The maximum absolute atomic E-state index is 11.3. The molecule has 3 aromatic carbocycles. The molecule has 3 aromatic rings. The number of hydrogen-bond acceptors (Lipinski definition) is 3. The van der Waals surface area contributed by atoms with Gasteiger partial charge in [0.2, 0.25) is 0 Å². The first-order valence-corrected chi connectivity index (χ1v) is 18.0. The van der Waals surface area contributed by atoms with Gasteiger partial charge in [-0.2, -0.15) is 0 Å². The van der Waals surface area contributed by atoms with Crippen LogP contribution in [0, 0.1) is 0 Å². The Morgan fingerprint density at radius 1 is 0.633 bits per heavy atom. The van der Waals surface area contributed by atoms with Crippen molar-refractivity contribution in [3.63, 3.8) is 0 Å². The average Bonchev–Trinajstić information content (AvgIpc) is 2.69. The van der Waals surface area contributed by atoms with Gasteiger partial charge in [-0.15, -0.1) is 0 Å². The van der Waals surface area contributed by atoms with Crippen molar-refractivity contribution in [3.05, 3.63) is 91.0 Å². The minimum atomic E-state index is -2.93. The Morgan fingerprint density at radius 2 is 0.900 bits per heavy atom. The van der Waals surface area contributed by atoms with Gasteiger partial charge in [-0.1, -0.05) is 0 Å². The van der Waals surface area contributed by atoms with Crippen LogP contribution in [-0.2, 0) is 13.6 Å². The molecule has 0 saturated heterocycles. The average molecular weight is 594 g/mol. The van der Waals surface area contributed by atoms with E-state index in [1.807, 2.05) is 27.7 Å². The van der Waals surface area contributed by atoms with Crippen LogP contribution in [0.15, 0.2) is 91.0 Å². The first kappa shape index (κ1) is 25.4. The van der Waals surface area contributed by atoms with Crippen LogP contribution in [0.25, 0.3) is 0 Å². The summed E-state index contributed by atoms with van der Waals surface area (Å²) in [6.07, 6.45) is -3.09. The quantitative estimate of drug-likeness (QED) is 0.303. The molecule has 0 saturated carbocycles. The molecular formula is C24H29O3PSeSn. The maximum atomic E-state index is 11.3. The van der Waals surface area contributed by atoms with Crippen LogP contribution in [-0.4, -0.2) is 47.5 Å². The topological polar surface area (TPSA) is 35.5 Å². The monoisotopic (exact) mass is 596 g/mol. The Bertz CT molecular complexity index is 798. The predicted octanol–water partition coefficient (Wildman–Crippen LogP) is 4.32. The van der Waals surface area contributed by atoms with Gasteiger partial charge in [0.1, 0.15) is 0 Å². The molecule has 0 bridgehead atoms. The first-order valence-electron chi connectivity index (χ1n) is 9.99. The predicted molar refractivity (Wildman–Crippen MR) is 130 cm³/mol. The third kappa shape index (κ3) is 9.09. The molecule has 0 heterocycles. The van der Waals surface area contributed by atoms with Crippen LogP contribution in [0.1, 0.15) is 27.7 Å². The molecule has 0 aromatic heterocycles. The van der Waals surface area contributed by atoms with E-state index in [-0.39, 0.29) is 12.2 Å². The van der Waals surface area contributed by atoms with Crippen molar-refractivity contribution in [1.29, 1.82) is 0 Å². The van der Waals surface area contributed by atoms with Crippen LogP contribution in [0.4, 0.5) is 0 Å². The summed E-state index contributed by atoms with van der Waals surface area (Å²) in [7, 11) is 0. The van der Waals surface area contributed by atoms with Crippen LogP contribution in [0.2, 0.25) is 0 Å². The summed E-state index contributed by atoms with van der Waals surface area (Å²) in [5.41, 5.74) is 0. The molecule has 0 fully saturated rings. The first-order chi connectivity index (χ1) is 14.3. The third-order valence-corrected chi connectivity index (χ3v) is 14.1. The normalized spacial score (nSPS) is 11.5. The fourth-order valence-electron chi connectivity index (χ4n) is 2.86. The number of rotatable bonds is 7. The molecule has 158 valence electrons. The zero-order valence-corrected chi connectivity index (χ0v) is 23.4. The van der Waals surface area contributed by atoms with E-state index in [1.54, 1.807) is 0 Å². The standard InChI is InChI=1S/C6H14O3PSe.3C6H5.Sn/c1-5(2)8-10(7,11)9-6(3)4;3*1-2-4-6-5-3-1;/h5-6H,1-4H3;3*1-5H;. The van der Waals surface area contributed by atoms with Crippen molar-refractivity contribution in [2.24, 2.45) is 0 Å². The van der Waals surface area contributed by atoms with Crippen LogP contribution < -0.4 is 10.7 Å². The Labute approximate surface area is 195 Å². The molecule has 3 nitrogen and oxygen atoms in total. The van der Waals surface area contributed by atoms with E-state index in [0.717, 1.165) is 0 Å². The molecule has 0 aliphatic heterocycles. The van der Waals surface area contributed by atoms with Gasteiger partial charge in [-0.3, -0.25) is 0 Å². The summed E-state index contributed by atoms with van der Waals surface area (Å²) in [6, 6.07) is 32.9. The molecule has 30 heavy (non-hydrogen) atoms. The van der Waals surface area contributed by atoms with Crippen molar-refractivity contribution in [3.8, 4) is 0 Å². The Morgan fingerprint density at radius 3 is 1.13 bits per heavy atom. The van der Waals surface area contributed by atoms with Crippen LogP contribution >= 0.6 is 6.29 Å². The van der Waals surface area contributed by atoms with Gasteiger partial charge in [0.15, 0.2) is 0 Å². The summed E-state index contributed by atoms with van der Waals surface area (Å²) in [5.74, 6) is 0. The molecule has 6 heteroatoms. The van der Waals surface area contributed by atoms with Crippen molar-refractivity contribution in [2.45, 2.75) is 39.9 Å². The van der Waals surface area contributed by atoms with E-state index >= 15 is 0 Å². The van der Waals surface area contributed by atoms with Gasteiger partial charge in [-0.25, -0.2) is 0 Å². The molecule has 0 spiro atoms. The summed E-state index contributed by atoms with van der Waals surface area (Å²) in [5, 5.41) is 0. The van der Waals surface area contributed by atoms with Gasteiger partial charge in [0.25, 0.3) is 0 Å². The molecule has 0 aliphatic carbocycles. The molecule has 0 aliphatic rings. The van der Waals surface area contributed by atoms with Crippen LogP contribution in [0.3, 0.4) is 0 Å². The Hall–Kier alpha value is -0.872. The van der Waals surface area contributed by atoms with E-state index in [4.69, 9.17) is 9.05 Å². The van der Waals surface area contributed by atoms with Gasteiger partial charge in [-0.05, 0) is 0 Å². The van der Waals surface area contributed by atoms with Gasteiger partial charge in [0, 0.05) is 0 Å². The molecular weight excluding hydrogens is 565 g/mol. The fraction of sp³-hybridized carbons (Fsp3) is 0.250. The fourth-order valence-corrected chi connectivity index (χ4v) is 13.5. The van der Waals surface area contributed by atoms with E-state index in [1.165, 1.54) is 10.7 Å². The summed E-state index contributed by atoms with van der Waals surface area (Å²) >= 11 is 0.446. The second-order valence-electron chi connectivity index (χ2n) is 7.23. The van der Waals surface area contributed by atoms with Crippen molar-refractivity contribution in [2.75, 3.05) is 0 Å². The van der Waals surface area contributed by atoms with E-state index in [0.29, 0.717) is 0 Å². The van der Waals surface area contributed by atoms with E-state index in [2.05, 4.69) is 107 Å². The van der Waals surface area contributed by atoms with Gasteiger partial charge < -0.3 is 0 Å². The summed E-state index contributed by atoms with van der Waals surface area (Å²) in [4.78, 5) is 0. The zero-order chi connectivity index (χ0) is 22.0. The molecule has 0 N–H and O–H groups in total. The second kappa shape index (κ2) is 12.9. The third-order valence-electron chi connectivity index (χ3n) is 3.87. The van der Waals surface area contributed by atoms with Crippen molar-refractivity contribution in [1.82, 2.24) is 0 Å². The second-order valence-corrected chi connectivity index (χ2v) is 18.4. The molecule has 2 radical (unpaired) electrons.